The van der Waals surface area contributed by atoms with E-state index in [0.29, 0.717) is 12.8 Å². The largest absolute Gasteiger partial charge is 0.481 e. The van der Waals surface area contributed by atoms with E-state index in [1.54, 1.807) is 0 Å². The molecule has 6 heteroatoms. The molecule has 4 rings (SSSR count). The van der Waals surface area contributed by atoms with Crippen LogP contribution in [0.15, 0.2) is 48.5 Å². The summed E-state index contributed by atoms with van der Waals surface area (Å²) in [6.07, 6.45) is -0.257. The van der Waals surface area contributed by atoms with E-state index in [4.69, 9.17) is 4.74 Å². The van der Waals surface area contributed by atoms with Gasteiger partial charge in [-0.2, -0.15) is 0 Å². The van der Waals surface area contributed by atoms with E-state index in [0.717, 1.165) is 22.3 Å². The van der Waals surface area contributed by atoms with Crippen molar-refractivity contribution in [3.05, 3.63) is 59.7 Å². The standard InChI is InChI=1S/C22H23NO5/c24-13-9-10-18(21(25)26)20(11-13)23-22(27)28-12-19-16-7-3-1-5-14(16)15-6-2-4-8-17(15)19/h1-8,13,18-20,24H,9-12H2,(H,23,27)(H,25,26)/t13-,18+,20-/m1/s1. The predicted octanol–water partition coefficient (Wildman–Crippen LogP) is 3.14. The van der Waals surface area contributed by atoms with E-state index in [9.17, 15) is 19.8 Å². The first-order valence-corrected chi connectivity index (χ1v) is 9.57. The van der Waals surface area contributed by atoms with Crippen molar-refractivity contribution >= 4 is 12.1 Å². The van der Waals surface area contributed by atoms with E-state index in [2.05, 4.69) is 17.4 Å². The van der Waals surface area contributed by atoms with Crippen LogP contribution in [0.3, 0.4) is 0 Å². The van der Waals surface area contributed by atoms with Crippen LogP contribution in [0.1, 0.15) is 36.3 Å². The molecule has 0 aromatic heterocycles. The summed E-state index contributed by atoms with van der Waals surface area (Å²) >= 11 is 0. The Kier molecular flexibility index (Phi) is 5.05. The SMILES string of the molecule is O=C(N[C@@H]1C[C@H](O)CC[C@@H]1C(=O)O)OCC1c2ccccc2-c2ccccc21. The van der Waals surface area contributed by atoms with Crippen molar-refractivity contribution in [1.29, 1.82) is 0 Å². The second-order valence-corrected chi connectivity index (χ2v) is 7.49. The van der Waals surface area contributed by atoms with Crippen LogP contribution in [-0.4, -0.2) is 41.0 Å². The minimum atomic E-state index is -0.962. The molecule has 0 aliphatic heterocycles. The Morgan fingerprint density at radius 3 is 2.21 bits per heavy atom. The number of carboxylic acid groups (broad SMARTS) is 1. The van der Waals surface area contributed by atoms with Gasteiger partial charge in [0.15, 0.2) is 0 Å². The highest BCUT2D eigenvalue weighted by molar-refractivity contribution is 5.79. The summed E-state index contributed by atoms with van der Waals surface area (Å²) in [7, 11) is 0. The molecule has 146 valence electrons. The molecule has 0 heterocycles. The molecule has 1 saturated carbocycles. The van der Waals surface area contributed by atoms with Crippen LogP contribution < -0.4 is 5.32 Å². The van der Waals surface area contributed by atoms with E-state index in [1.807, 2.05) is 36.4 Å². The Morgan fingerprint density at radius 2 is 1.61 bits per heavy atom. The molecule has 0 bridgehead atoms. The van der Waals surface area contributed by atoms with Crippen molar-refractivity contribution in [3.8, 4) is 11.1 Å². The van der Waals surface area contributed by atoms with E-state index in [1.165, 1.54) is 0 Å². The Hall–Kier alpha value is -2.86. The van der Waals surface area contributed by atoms with E-state index >= 15 is 0 Å². The second kappa shape index (κ2) is 7.64. The Morgan fingerprint density at radius 1 is 1.00 bits per heavy atom. The molecule has 2 aromatic rings. The average molecular weight is 381 g/mol. The number of aliphatic hydroxyl groups excluding tert-OH is 1. The van der Waals surface area contributed by atoms with Crippen LogP contribution in [0.5, 0.6) is 0 Å². The lowest BCUT2D eigenvalue weighted by atomic mass is 9.83. The average Bonchev–Trinajstić information content (AvgIpc) is 3.00. The zero-order valence-corrected chi connectivity index (χ0v) is 15.4. The van der Waals surface area contributed by atoms with Gasteiger partial charge in [0.05, 0.1) is 12.0 Å². The van der Waals surface area contributed by atoms with Gasteiger partial charge in [0, 0.05) is 12.0 Å². The number of fused-ring (bicyclic) bond motifs is 3. The van der Waals surface area contributed by atoms with Crippen molar-refractivity contribution < 1.29 is 24.5 Å². The topological polar surface area (TPSA) is 95.9 Å². The first-order chi connectivity index (χ1) is 13.5. The molecular formula is C22H23NO5. The molecule has 1 amide bonds. The molecule has 28 heavy (non-hydrogen) atoms. The summed E-state index contributed by atoms with van der Waals surface area (Å²) < 4.78 is 5.48. The number of carbonyl (C=O) groups is 2. The smallest absolute Gasteiger partial charge is 0.407 e. The highest BCUT2D eigenvalue weighted by Crippen LogP contribution is 2.44. The summed E-state index contributed by atoms with van der Waals surface area (Å²) in [5.74, 6) is -1.72. The number of alkyl carbamates (subject to hydrolysis) is 1. The fraction of sp³-hybridized carbons (Fsp3) is 0.364. The molecule has 2 aliphatic rings. The van der Waals surface area contributed by atoms with Gasteiger partial charge in [0.1, 0.15) is 6.61 Å². The minimum absolute atomic E-state index is 0.0506. The van der Waals surface area contributed by atoms with Crippen LogP contribution in [-0.2, 0) is 9.53 Å². The number of carbonyl (C=O) groups excluding carboxylic acids is 1. The summed E-state index contributed by atoms with van der Waals surface area (Å²) in [5.41, 5.74) is 4.53. The molecular weight excluding hydrogens is 358 g/mol. The maximum atomic E-state index is 12.4. The van der Waals surface area contributed by atoms with E-state index in [-0.39, 0.29) is 18.9 Å². The van der Waals surface area contributed by atoms with Crippen LogP contribution in [0.4, 0.5) is 4.79 Å². The number of nitrogens with one attached hydrogen (secondary N) is 1. The second-order valence-electron chi connectivity index (χ2n) is 7.49. The van der Waals surface area contributed by atoms with Crippen molar-refractivity contribution in [2.45, 2.75) is 37.3 Å². The Balaban J connectivity index is 1.44. The van der Waals surface area contributed by atoms with Crippen molar-refractivity contribution in [1.82, 2.24) is 5.32 Å². The van der Waals surface area contributed by atoms with Gasteiger partial charge in [-0.15, -0.1) is 0 Å². The highest BCUT2D eigenvalue weighted by atomic mass is 16.5. The molecule has 6 nitrogen and oxygen atoms in total. The summed E-state index contributed by atoms with van der Waals surface area (Å²) in [5, 5.41) is 21.8. The van der Waals surface area contributed by atoms with Crippen molar-refractivity contribution in [2.75, 3.05) is 6.61 Å². The predicted molar refractivity (Wildman–Crippen MR) is 103 cm³/mol. The molecule has 0 radical (unpaired) electrons. The monoisotopic (exact) mass is 381 g/mol. The third-order valence-corrected chi connectivity index (χ3v) is 5.79. The number of aliphatic hydroxyl groups is 1. The van der Waals surface area contributed by atoms with Gasteiger partial charge in [-0.3, -0.25) is 4.79 Å². The zero-order chi connectivity index (χ0) is 19.7. The lowest BCUT2D eigenvalue weighted by molar-refractivity contribution is -0.144. The molecule has 0 unspecified atom stereocenters. The summed E-state index contributed by atoms with van der Waals surface area (Å²) in [4.78, 5) is 23.8. The number of aliphatic carboxylic acids is 1. The maximum Gasteiger partial charge on any atom is 0.407 e. The first-order valence-electron chi connectivity index (χ1n) is 9.57. The van der Waals surface area contributed by atoms with Crippen LogP contribution in [0.25, 0.3) is 11.1 Å². The number of hydrogen-bond acceptors (Lipinski definition) is 4. The molecule has 0 saturated heterocycles. The fourth-order valence-electron chi connectivity index (χ4n) is 4.39. The molecule has 3 atom stereocenters. The van der Waals surface area contributed by atoms with Gasteiger partial charge >= 0.3 is 12.1 Å². The molecule has 1 fully saturated rings. The van der Waals surface area contributed by atoms with Gasteiger partial charge in [-0.25, -0.2) is 4.79 Å². The fourth-order valence-corrected chi connectivity index (χ4v) is 4.39. The summed E-state index contributed by atoms with van der Waals surface area (Å²) in [6.45, 7) is 0.173. The van der Waals surface area contributed by atoms with Gasteiger partial charge in [-0.1, -0.05) is 48.5 Å². The van der Waals surface area contributed by atoms with Gasteiger partial charge in [-0.05, 0) is 41.5 Å². The maximum absolute atomic E-state index is 12.4. The molecule has 3 N–H and O–H groups in total. The number of hydrogen-bond donors (Lipinski definition) is 3. The van der Waals surface area contributed by atoms with Crippen LogP contribution in [0, 0.1) is 5.92 Å². The highest BCUT2D eigenvalue weighted by Gasteiger charge is 2.36. The van der Waals surface area contributed by atoms with E-state index < -0.39 is 30.1 Å². The molecule has 2 aliphatic carbocycles. The lowest BCUT2D eigenvalue weighted by Crippen LogP contribution is -2.48. The number of benzene rings is 2. The third kappa shape index (κ3) is 3.47. The van der Waals surface area contributed by atoms with Crippen molar-refractivity contribution in [2.24, 2.45) is 5.92 Å². The number of amides is 1. The Bertz CT molecular complexity index is 851. The third-order valence-electron chi connectivity index (χ3n) is 5.79. The minimum Gasteiger partial charge on any atom is -0.481 e. The van der Waals surface area contributed by atoms with Gasteiger partial charge < -0.3 is 20.3 Å². The molecule has 2 aromatic carbocycles. The van der Waals surface area contributed by atoms with Crippen LogP contribution in [0.2, 0.25) is 0 Å². The Labute approximate surface area is 163 Å². The first kappa shape index (κ1) is 18.5. The molecule has 0 spiro atoms. The quantitative estimate of drug-likeness (QED) is 0.756. The lowest BCUT2D eigenvalue weighted by Gasteiger charge is -2.31. The zero-order valence-electron chi connectivity index (χ0n) is 15.4. The van der Waals surface area contributed by atoms with Gasteiger partial charge in [0.2, 0.25) is 0 Å². The normalized spacial score (nSPS) is 23.5. The van der Waals surface area contributed by atoms with Crippen molar-refractivity contribution in [3.63, 3.8) is 0 Å². The summed E-state index contributed by atoms with van der Waals surface area (Å²) in [6, 6.07) is 15.5. The number of rotatable bonds is 4. The number of ether oxygens (including phenoxy) is 1. The number of carboxylic acids is 1. The van der Waals surface area contributed by atoms with Crippen LogP contribution >= 0.6 is 0 Å². The van der Waals surface area contributed by atoms with Gasteiger partial charge in [0.25, 0.3) is 0 Å².